The third-order valence-corrected chi connectivity index (χ3v) is 3.62. The fourth-order valence-corrected chi connectivity index (χ4v) is 2.63. The average molecular weight is 292 g/mol. The lowest BCUT2D eigenvalue weighted by molar-refractivity contribution is -0.137. The summed E-state index contributed by atoms with van der Waals surface area (Å²) < 4.78 is 43.5. The number of methoxy groups -OCH3 is 1. The van der Waals surface area contributed by atoms with Crippen LogP contribution in [-0.4, -0.2) is 12.9 Å². The van der Waals surface area contributed by atoms with Crippen molar-refractivity contribution in [2.24, 2.45) is 0 Å². The average Bonchev–Trinajstić information content (AvgIpc) is 2.45. The van der Waals surface area contributed by atoms with E-state index in [2.05, 4.69) is 0 Å². The molecule has 2 aromatic rings. The molecule has 0 aliphatic heterocycles. The minimum Gasteiger partial charge on any atom is -0.496 e. The maximum absolute atomic E-state index is 12.8. The zero-order chi connectivity index (χ0) is 15.2. The van der Waals surface area contributed by atoms with Gasteiger partial charge in [-0.05, 0) is 35.7 Å². The van der Waals surface area contributed by atoms with Crippen molar-refractivity contribution in [3.8, 4) is 5.75 Å². The van der Waals surface area contributed by atoms with E-state index in [1.807, 2.05) is 0 Å². The zero-order valence-corrected chi connectivity index (χ0v) is 11.1. The number of carbonyl (C=O) groups is 1. The summed E-state index contributed by atoms with van der Waals surface area (Å²) >= 11 is 0. The van der Waals surface area contributed by atoms with Crippen molar-refractivity contribution in [3.63, 3.8) is 0 Å². The Bertz CT molecular complexity index is 733. The van der Waals surface area contributed by atoms with Gasteiger partial charge in [-0.15, -0.1) is 0 Å². The van der Waals surface area contributed by atoms with Crippen LogP contribution in [-0.2, 0) is 12.6 Å². The highest BCUT2D eigenvalue weighted by Crippen LogP contribution is 2.36. The molecule has 0 N–H and O–H groups in total. The summed E-state index contributed by atoms with van der Waals surface area (Å²) in [5, 5.41) is 0. The van der Waals surface area contributed by atoms with E-state index >= 15 is 0 Å². The van der Waals surface area contributed by atoms with Crippen LogP contribution in [0.1, 0.15) is 32.6 Å². The summed E-state index contributed by atoms with van der Waals surface area (Å²) in [5.41, 5.74) is 1.09. The molecule has 0 saturated carbocycles. The molecular formula is C16H11F3O2. The molecule has 0 heterocycles. The number of halogens is 3. The fourth-order valence-electron chi connectivity index (χ4n) is 2.63. The minimum atomic E-state index is -4.41. The molecule has 0 spiro atoms. The number of benzene rings is 2. The maximum Gasteiger partial charge on any atom is 0.416 e. The number of alkyl halides is 3. The molecule has 108 valence electrons. The van der Waals surface area contributed by atoms with E-state index in [0.717, 1.165) is 12.1 Å². The van der Waals surface area contributed by atoms with Gasteiger partial charge >= 0.3 is 6.18 Å². The standard InChI is InChI=1S/C16H11F3O2/c1-21-13-4-2-3-9-7-10-8-11(16(17,18)19)5-6-12(10)15(20)14(9)13/h2-6,8H,7H2,1H3. The predicted molar refractivity (Wildman–Crippen MR) is 70.7 cm³/mol. The second-order valence-corrected chi connectivity index (χ2v) is 4.87. The van der Waals surface area contributed by atoms with E-state index in [-0.39, 0.29) is 12.2 Å². The predicted octanol–water partition coefficient (Wildman–Crippen LogP) is 3.85. The minimum absolute atomic E-state index is 0.289. The molecule has 3 rings (SSSR count). The maximum atomic E-state index is 12.8. The summed E-state index contributed by atoms with van der Waals surface area (Å²) in [6, 6.07) is 8.37. The second kappa shape index (κ2) is 4.62. The van der Waals surface area contributed by atoms with Gasteiger partial charge < -0.3 is 4.74 Å². The van der Waals surface area contributed by atoms with Crippen molar-refractivity contribution >= 4 is 5.78 Å². The first-order valence-corrected chi connectivity index (χ1v) is 6.32. The molecule has 0 bridgehead atoms. The number of fused-ring (bicyclic) bond motifs is 2. The summed E-state index contributed by atoms with van der Waals surface area (Å²) in [6.45, 7) is 0. The molecular weight excluding hydrogens is 281 g/mol. The fraction of sp³-hybridized carbons (Fsp3) is 0.188. The SMILES string of the molecule is COc1cccc2c1C(=O)c1ccc(C(F)(F)F)cc1C2. The largest absolute Gasteiger partial charge is 0.496 e. The number of ether oxygens (including phenoxy) is 1. The van der Waals surface area contributed by atoms with Gasteiger partial charge in [0.1, 0.15) is 5.75 Å². The van der Waals surface area contributed by atoms with Gasteiger partial charge in [0, 0.05) is 5.56 Å². The Balaban J connectivity index is 2.14. The van der Waals surface area contributed by atoms with E-state index in [1.165, 1.54) is 13.2 Å². The van der Waals surface area contributed by atoms with Gasteiger partial charge in [0.2, 0.25) is 0 Å². The highest BCUT2D eigenvalue weighted by molar-refractivity contribution is 6.14. The van der Waals surface area contributed by atoms with Gasteiger partial charge in [-0.25, -0.2) is 0 Å². The van der Waals surface area contributed by atoms with Crippen LogP contribution in [0.3, 0.4) is 0 Å². The lowest BCUT2D eigenvalue weighted by Crippen LogP contribution is -2.17. The Morgan fingerprint density at radius 2 is 1.86 bits per heavy atom. The molecule has 0 saturated heterocycles. The molecule has 2 aromatic carbocycles. The Morgan fingerprint density at radius 3 is 2.52 bits per heavy atom. The Labute approximate surface area is 119 Å². The smallest absolute Gasteiger partial charge is 0.416 e. The van der Waals surface area contributed by atoms with Gasteiger partial charge in [-0.2, -0.15) is 13.2 Å². The second-order valence-electron chi connectivity index (χ2n) is 4.87. The van der Waals surface area contributed by atoms with Crippen molar-refractivity contribution in [3.05, 3.63) is 64.2 Å². The summed E-state index contributed by atoms with van der Waals surface area (Å²) in [7, 11) is 1.46. The monoisotopic (exact) mass is 292 g/mol. The van der Waals surface area contributed by atoms with Crippen LogP contribution in [0.2, 0.25) is 0 Å². The molecule has 21 heavy (non-hydrogen) atoms. The Morgan fingerprint density at radius 1 is 1.10 bits per heavy atom. The molecule has 0 amide bonds. The van der Waals surface area contributed by atoms with Crippen LogP contribution in [0, 0.1) is 0 Å². The Hall–Kier alpha value is -2.30. The van der Waals surface area contributed by atoms with Gasteiger partial charge in [-0.3, -0.25) is 4.79 Å². The third kappa shape index (κ3) is 2.18. The van der Waals surface area contributed by atoms with Gasteiger partial charge in [-0.1, -0.05) is 18.2 Å². The summed E-state index contributed by atoms with van der Waals surface area (Å²) in [6.07, 6.45) is -4.12. The van der Waals surface area contributed by atoms with Crippen LogP contribution in [0.15, 0.2) is 36.4 Å². The van der Waals surface area contributed by atoms with Crippen LogP contribution < -0.4 is 4.74 Å². The number of rotatable bonds is 1. The molecule has 2 nitrogen and oxygen atoms in total. The highest BCUT2D eigenvalue weighted by Gasteiger charge is 2.33. The van der Waals surface area contributed by atoms with Crippen LogP contribution in [0.4, 0.5) is 13.2 Å². The number of carbonyl (C=O) groups excluding carboxylic acids is 1. The van der Waals surface area contributed by atoms with E-state index in [1.54, 1.807) is 18.2 Å². The molecule has 5 heteroatoms. The quantitative estimate of drug-likeness (QED) is 0.681. The molecule has 1 aliphatic carbocycles. The van der Waals surface area contributed by atoms with Crippen molar-refractivity contribution in [2.75, 3.05) is 7.11 Å². The number of hydrogen-bond acceptors (Lipinski definition) is 2. The molecule has 0 atom stereocenters. The Kier molecular flexibility index (Phi) is 3.01. The summed E-state index contributed by atoms with van der Waals surface area (Å²) in [5.74, 6) is 0.153. The molecule has 0 radical (unpaired) electrons. The van der Waals surface area contributed by atoms with E-state index in [0.29, 0.717) is 28.0 Å². The normalized spacial score (nSPS) is 13.6. The molecule has 1 aliphatic rings. The first kappa shape index (κ1) is 13.7. The third-order valence-electron chi connectivity index (χ3n) is 3.62. The topological polar surface area (TPSA) is 26.3 Å². The van der Waals surface area contributed by atoms with Crippen molar-refractivity contribution in [1.82, 2.24) is 0 Å². The highest BCUT2D eigenvalue weighted by atomic mass is 19.4. The first-order valence-electron chi connectivity index (χ1n) is 6.32. The zero-order valence-electron chi connectivity index (χ0n) is 11.1. The van der Waals surface area contributed by atoms with Gasteiger partial charge in [0.05, 0.1) is 18.2 Å². The van der Waals surface area contributed by atoms with E-state index in [9.17, 15) is 18.0 Å². The number of ketones is 1. The van der Waals surface area contributed by atoms with Crippen molar-refractivity contribution < 1.29 is 22.7 Å². The van der Waals surface area contributed by atoms with Crippen molar-refractivity contribution in [2.45, 2.75) is 12.6 Å². The molecule has 0 aromatic heterocycles. The van der Waals surface area contributed by atoms with E-state index in [4.69, 9.17) is 4.74 Å². The van der Waals surface area contributed by atoms with Crippen LogP contribution >= 0.6 is 0 Å². The molecule has 0 fully saturated rings. The lowest BCUT2D eigenvalue weighted by atomic mass is 9.84. The lowest BCUT2D eigenvalue weighted by Gasteiger charge is -2.21. The van der Waals surface area contributed by atoms with Gasteiger partial charge in [0.25, 0.3) is 0 Å². The van der Waals surface area contributed by atoms with Crippen molar-refractivity contribution in [1.29, 1.82) is 0 Å². The molecule has 0 unspecified atom stereocenters. The first-order chi connectivity index (χ1) is 9.91. The van der Waals surface area contributed by atoms with Gasteiger partial charge in [0.15, 0.2) is 5.78 Å². The van der Waals surface area contributed by atoms with Crippen LogP contribution in [0.5, 0.6) is 5.75 Å². The number of hydrogen-bond donors (Lipinski definition) is 0. The summed E-state index contributed by atoms with van der Waals surface area (Å²) in [4.78, 5) is 12.5. The van der Waals surface area contributed by atoms with Crippen LogP contribution in [0.25, 0.3) is 0 Å². The van der Waals surface area contributed by atoms with E-state index < -0.39 is 11.7 Å².